The zero-order valence-corrected chi connectivity index (χ0v) is 21.2. The quantitative estimate of drug-likeness (QED) is 0.223. The van der Waals surface area contributed by atoms with Gasteiger partial charge in [0.1, 0.15) is 0 Å². The van der Waals surface area contributed by atoms with Crippen molar-refractivity contribution in [1.82, 2.24) is 23.9 Å². The molecule has 0 bridgehead atoms. The summed E-state index contributed by atoms with van der Waals surface area (Å²) in [7, 11) is 0. The molecule has 0 spiro atoms. The van der Waals surface area contributed by atoms with Crippen LogP contribution in [0.25, 0.3) is 87.7 Å². The Morgan fingerprint density at radius 2 is 1.25 bits per heavy atom. The third-order valence-corrected chi connectivity index (χ3v) is 8.53. The molecule has 5 nitrogen and oxygen atoms in total. The van der Waals surface area contributed by atoms with E-state index in [1.807, 2.05) is 18.3 Å². The number of hydrogen-bond donors (Lipinski definition) is 0. The van der Waals surface area contributed by atoms with Gasteiger partial charge >= 0.3 is 0 Å². The van der Waals surface area contributed by atoms with Crippen molar-refractivity contribution in [3.05, 3.63) is 116 Å². The summed E-state index contributed by atoms with van der Waals surface area (Å²) in [5, 5.41) is 10.8. The minimum atomic E-state index is 0.629. The second kappa shape index (κ2) is 7.10. The number of benzene rings is 5. The maximum absolute atomic E-state index is 5.00. The standard InChI is InChI=1S/C35H19N5/c1-2-10-22-20(8-1)15-16-29-30(22)26-18-25-23-11-3-5-13-27(23)39-28-14-6-4-12-24(28)31(32(25)39)33(26)40(29)35-37-19-21-9-7-17-36-34(21)38-35/h1-19H. The molecule has 0 aliphatic rings. The molecule has 5 aromatic carbocycles. The van der Waals surface area contributed by atoms with Crippen LogP contribution < -0.4 is 0 Å². The van der Waals surface area contributed by atoms with Gasteiger partial charge in [-0.1, -0.05) is 66.7 Å². The van der Waals surface area contributed by atoms with Gasteiger partial charge in [0.05, 0.1) is 27.6 Å². The Bertz CT molecular complexity index is 2660. The third-order valence-electron chi connectivity index (χ3n) is 8.53. The zero-order chi connectivity index (χ0) is 25.9. The average molecular weight is 510 g/mol. The lowest BCUT2D eigenvalue weighted by Gasteiger charge is -2.08. The highest BCUT2D eigenvalue weighted by Gasteiger charge is 2.25. The molecule has 0 atom stereocenters. The average Bonchev–Trinajstić information content (AvgIpc) is 3.65. The van der Waals surface area contributed by atoms with Gasteiger partial charge in [-0.05, 0) is 47.2 Å². The molecule has 0 N–H and O–H groups in total. The molecular weight excluding hydrogens is 490 g/mol. The SMILES string of the molecule is c1cnc2nc(-n3c4ccc5ccccc5c4c4cc5c6ccccc6n6c7ccccc7c(c43)c56)ncc2c1. The molecule has 10 aromatic rings. The number of para-hydroxylation sites is 2. The molecule has 5 aromatic heterocycles. The van der Waals surface area contributed by atoms with Crippen LogP contribution in [-0.4, -0.2) is 23.9 Å². The number of hydrogen-bond acceptors (Lipinski definition) is 3. The first kappa shape index (κ1) is 20.4. The molecular formula is C35H19N5. The fraction of sp³-hybridized carbons (Fsp3) is 0. The molecule has 0 unspecified atom stereocenters. The third kappa shape index (κ3) is 2.37. The van der Waals surface area contributed by atoms with Crippen LogP contribution in [0.5, 0.6) is 0 Å². The van der Waals surface area contributed by atoms with E-state index < -0.39 is 0 Å². The topological polar surface area (TPSA) is 48.0 Å². The molecule has 5 heteroatoms. The first-order valence-corrected chi connectivity index (χ1v) is 13.5. The van der Waals surface area contributed by atoms with Crippen LogP contribution in [0.2, 0.25) is 0 Å². The second-order valence-electron chi connectivity index (χ2n) is 10.5. The summed E-state index contributed by atoms with van der Waals surface area (Å²) in [6.07, 6.45) is 3.67. The molecule has 10 rings (SSSR count). The number of aromatic nitrogens is 5. The van der Waals surface area contributed by atoms with Crippen molar-refractivity contribution >= 4 is 81.7 Å². The van der Waals surface area contributed by atoms with Gasteiger partial charge in [-0.25, -0.2) is 9.97 Å². The van der Waals surface area contributed by atoms with E-state index in [0.29, 0.717) is 11.6 Å². The number of rotatable bonds is 1. The van der Waals surface area contributed by atoms with E-state index in [9.17, 15) is 0 Å². The zero-order valence-electron chi connectivity index (χ0n) is 21.2. The Morgan fingerprint density at radius 3 is 2.15 bits per heavy atom. The Morgan fingerprint density at radius 1 is 0.500 bits per heavy atom. The van der Waals surface area contributed by atoms with E-state index >= 15 is 0 Å². The highest BCUT2D eigenvalue weighted by molar-refractivity contribution is 6.36. The molecule has 0 amide bonds. The van der Waals surface area contributed by atoms with Gasteiger partial charge in [0, 0.05) is 50.1 Å². The van der Waals surface area contributed by atoms with Crippen LogP contribution in [-0.2, 0) is 0 Å². The van der Waals surface area contributed by atoms with Crippen LogP contribution >= 0.6 is 0 Å². The van der Waals surface area contributed by atoms with E-state index in [-0.39, 0.29) is 0 Å². The van der Waals surface area contributed by atoms with Crippen LogP contribution in [0.1, 0.15) is 0 Å². The smallest absolute Gasteiger partial charge is 0.236 e. The van der Waals surface area contributed by atoms with Gasteiger partial charge in [-0.3, -0.25) is 4.57 Å². The van der Waals surface area contributed by atoms with Gasteiger partial charge in [0.15, 0.2) is 5.65 Å². The Kier molecular flexibility index (Phi) is 3.62. The van der Waals surface area contributed by atoms with Crippen molar-refractivity contribution in [2.45, 2.75) is 0 Å². The van der Waals surface area contributed by atoms with Gasteiger partial charge < -0.3 is 4.40 Å². The molecule has 184 valence electrons. The number of fused-ring (bicyclic) bond motifs is 13. The summed E-state index contributed by atoms with van der Waals surface area (Å²) in [5.41, 5.74) is 6.58. The maximum atomic E-state index is 5.00. The van der Waals surface area contributed by atoms with Gasteiger partial charge in [0.2, 0.25) is 5.95 Å². The van der Waals surface area contributed by atoms with Gasteiger partial charge in [-0.2, -0.15) is 4.98 Å². The Hall–Kier alpha value is -5.55. The molecule has 5 heterocycles. The lowest BCUT2D eigenvalue weighted by molar-refractivity contribution is 1.00. The van der Waals surface area contributed by atoms with E-state index in [4.69, 9.17) is 9.97 Å². The molecule has 0 aliphatic carbocycles. The minimum Gasteiger partial charge on any atom is -0.308 e. The summed E-state index contributed by atoms with van der Waals surface area (Å²) in [6.45, 7) is 0. The van der Waals surface area contributed by atoms with Crippen molar-refractivity contribution < 1.29 is 0 Å². The lowest BCUT2D eigenvalue weighted by atomic mass is 10.0. The molecule has 0 aliphatic heterocycles. The Labute approximate surface area is 226 Å². The Balaban J connectivity index is 1.55. The van der Waals surface area contributed by atoms with E-state index in [1.54, 1.807) is 6.20 Å². The van der Waals surface area contributed by atoms with Gasteiger partial charge in [-0.15, -0.1) is 0 Å². The summed E-state index contributed by atoms with van der Waals surface area (Å²) < 4.78 is 4.68. The molecule has 0 saturated heterocycles. The highest BCUT2D eigenvalue weighted by Crippen LogP contribution is 2.47. The monoisotopic (exact) mass is 509 g/mol. The fourth-order valence-corrected chi connectivity index (χ4v) is 6.94. The minimum absolute atomic E-state index is 0.629. The van der Waals surface area contributed by atoms with Crippen molar-refractivity contribution in [1.29, 1.82) is 0 Å². The van der Waals surface area contributed by atoms with E-state index in [2.05, 4.69) is 105 Å². The highest BCUT2D eigenvalue weighted by atomic mass is 15.2. The maximum Gasteiger partial charge on any atom is 0.236 e. The number of nitrogens with zero attached hydrogens (tertiary/aromatic N) is 5. The molecule has 40 heavy (non-hydrogen) atoms. The van der Waals surface area contributed by atoms with Crippen molar-refractivity contribution in [3.63, 3.8) is 0 Å². The van der Waals surface area contributed by atoms with Crippen molar-refractivity contribution in [3.8, 4) is 5.95 Å². The summed E-state index contributed by atoms with van der Waals surface area (Å²) in [4.78, 5) is 14.5. The fourth-order valence-electron chi connectivity index (χ4n) is 6.94. The largest absolute Gasteiger partial charge is 0.308 e. The predicted molar refractivity (Wildman–Crippen MR) is 164 cm³/mol. The lowest BCUT2D eigenvalue weighted by Crippen LogP contribution is -2.02. The van der Waals surface area contributed by atoms with Crippen LogP contribution in [0.3, 0.4) is 0 Å². The molecule has 0 radical (unpaired) electrons. The predicted octanol–water partition coefficient (Wildman–Crippen LogP) is 8.43. The van der Waals surface area contributed by atoms with Crippen LogP contribution in [0.4, 0.5) is 0 Å². The normalized spacial score (nSPS) is 12.5. The first-order valence-electron chi connectivity index (χ1n) is 13.5. The summed E-state index contributed by atoms with van der Waals surface area (Å²) in [6, 6.07) is 36.9. The summed E-state index contributed by atoms with van der Waals surface area (Å²) >= 11 is 0. The van der Waals surface area contributed by atoms with Crippen LogP contribution in [0.15, 0.2) is 116 Å². The molecule has 0 fully saturated rings. The summed E-state index contributed by atoms with van der Waals surface area (Å²) in [5.74, 6) is 0.629. The molecule has 0 saturated carbocycles. The van der Waals surface area contributed by atoms with Crippen molar-refractivity contribution in [2.24, 2.45) is 0 Å². The van der Waals surface area contributed by atoms with Crippen LogP contribution in [0, 0.1) is 0 Å². The van der Waals surface area contributed by atoms with E-state index in [0.717, 1.165) is 16.4 Å². The van der Waals surface area contributed by atoms with Crippen molar-refractivity contribution in [2.75, 3.05) is 0 Å². The number of pyridine rings is 1. The second-order valence-corrected chi connectivity index (χ2v) is 10.5. The first-order chi connectivity index (χ1) is 19.9. The van der Waals surface area contributed by atoms with Gasteiger partial charge in [0.25, 0.3) is 0 Å². The van der Waals surface area contributed by atoms with E-state index in [1.165, 1.54) is 59.6 Å².